The van der Waals surface area contributed by atoms with E-state index in [1.807, 2.05) is 0 Å². The molecule has 1 aliphatic carbocycles. The number of nitrogens with zero attached hydrogens (tertiary/aromatic N) is 2. The SMILES string of the molecule is CC1CCC(Nc2cc([N+](=O)[O-])cc(Cl)n2)CC1C. The Bertz CT molecular complexity index is 481. The van der Waals surface area contributed by atoms with Crippen LogP contribution in [0.3, 0.4) is 0 Å². The number of anilines is 1. The largest absolute Gasteiger partial charge is 0.367 e. The molecule has 0 amide bonds. The Morgan fingerprint density at radius 2 is 2.11 bits per heavy atom. The number of halogens is 1. The molecule has 0 radical (unpaired) electrons. The Labute approximate surface area is 117 Å². The number of aromatic nitrogens is 1. The second-order valence-corrected chi connectivity index (χ2v) is 5.79. The van der Waals surface area contributed by atoms with Crippen LogP contribution in [0.4, 0.5) is 11.5 Å². The van der Waals surface area contributed by atoms with Gasteiger partial charge in [-0.1, -0.05) is 25.4 Å². The van der Waals surface area contributed by atoms with Crippen LogP contribution in [0.2, 0.25) is 5.15 Å². The minimum absolute atomic E-state index is 0.0280. The van der Waals surface area contributed by atoms with Crippen molar-refractivity contribution >= 4 is 23.1 Å². The van der Waals surface area contributed by atoms with Gasteiger partial charge in [0.15, 0.2) is 0 Å². The second-order valence-electron chi connectivity index (χ2n) is 5.40. The van der Waals surface area contributed by atoms with Crippen molar-refractivity contribution in [3.05, 3.63) is 27.4 Å². The van der Waals surface area contributed by atoms with Crippen LogP contribution in [0.5, 0.6) is 0 Å². The summed E-state index contributed by atoms with van der Waals surface area (Å²) in [7, 11) is 0. The molecule has 6 heteroatoms. The summed E-state index contributed by atoms with van der Waals surface area (Å²) in [6.07, 6.45) is 3.29. The van der Waals surface area contributed by atoms with Crippen molar-refractivity contribution in [1.82, 2.24) is 4.98 Å². The molecule has 1 heterocycles. The van der Waals surface area contributed by atoms with Crippen LogP contribution in [0.25, 0.3) is 0 Å². The molecule has 0 spiro atoms. The minimum Gasteiger partial charge on any atom is -0.367 e. The lowest BCUT2D eigenvalue weighted by molar-refractivity contribution is -0.384. The van der Waals surface area contributed by atoms with E-state index in [-0.39, 0.29) is 10.8 Å². The lowest BCUT2D eigenvalue weighted by Crippen LogP contribution is -2.30. The number of nitrogens with one attached hydrogen (secondary N) is 1. The molecule has 1 aromatic rings. The fourth-order valence-electron chi connectivity index (χ4n) is 2.55. The number of hydrogen-bond acceptors (Lipinski definition) is 4. The molecule has 5 nitrogen and oxygen atoms in total. The van der Waals surface area contributed by atoms with Gasteiger partial charge in [-0.3, -0.25) is 10.1 Å². The third kappa shape index (κ3) is 3.56. The van der Waals surface area contributed by atoms with Crippen LogP contribution in [0, 0.1) is 22.0 Å². The van der Waals surface area contributed by atoms with Gasteiger partial charge in [-0.15, -0.1) is 0 Å². The van der Waals surface area contributed by atoms with Gasteiger partial charge in [-0.25, -0.2) is 4.98 Å². The average Bonchev–Trinajstić information content (AvgIpc) is 2.33. The highest BCUT2D eigenvalue weighted by Gasteiger charge is 2.25. The summed E-state index contributed by atoms with van der Waals surface area (Å²) in [6, 6.07) is 3.02. The van der Waals surface area contributed by atoms with E-state index in [4.69, 9.17) is 11.6 Å². The van der Waals surface area contributed by atoms with Crippen LogP contribution in [-0.2, 0) is 0 Å². The molecule has 0 aromatic carbocycles. The highest BCUT2D eigenvalue weighted by atomic mass is 35.5. The maximum absolute atomic E-state index is 10.8. The second kappa shape index (κ2) is 5.74. The monoisotopic (exact) mass is 283 g/mol. The third-order valence-corrected chi connectivity index (χ3v) is 4.13. The Morgan fingerprint density at radius 1 is 1.37 bits per heavy atom. The fourth-order valence-corrected chi connectivity index (χ4v) is 2.75. The first-order valence-electron chi connectivity index (χ1n) is 6.54. The van der Waals surface area contributed by atoms with E-state index in [2.05, 4.69) is 24.1 Å². The molecule has 0 bridgehead atoms. The Morgan fingerprint density at radius 3 is 2.74 bits per heavy atom. The maximum atomic E-state index is 10.8. The molecule has 2 rings (SSSR count). The van der Waals surface area contributed by atoms with Gasteiger partial charge in [0, 0.05) is 6.04 Å². The minimum atomic E-state index is -0.454. The van der Waals surface area contributed by atoms with Crippen molar-refractivity contribution in [3.63, 3.8) is 0 Å². The van der Waals surface area contributed by atoms with Crippen LogP contribution < -0.4 is 5.32 Å². The van der Waals surface area contributed by atoms with E-state index in [1.165, 1.54) is 18.6 Å². The molecule has 19 heavy (non-hydrogen) atoms. The first-order chi connectivity index (χ1) is 8.95. The van der Waals surface area contributed by atoms with E-state index in [0.717, 1.165) is 18.8 Å². The fraction of sp³-hybridized carbons (Fsp3) is 0.615. The quantitative estimate of drug-likeness (QED) is 0.519. The maximum Gasteiger partial charge on any atom is 0.276 e. The van der Waals surface area contributed by atoms with Crippen molar-refractivity contribution < 1.29 is 4.92 Å². The average molecular weight is 284 g/mol. The van der Waals surface area contributed by atoms with Crippen molar-refractivity contribution in [2.75, 3.05) is 5.32 Å². The summed E-state index contributed by atoms with van der Waals surface area (Å²) >= 11 is 5.81. The molecule has 1 fully saturated rings. The molecule has 104 valence electrons. The first-order valence-corrected chi connectivity index (χ1v) is 6.92. The van der Waals surface area contributed by atoms with Gasteiger partial charge in [0.05, 0.1) is 17.1 Å². The van der Waals surface area contributed by atoms with Crippen LogP contribution in [0.1, 0.15) is 33.1 Å². The zero-order valence-electron chi connectivity index (χ0n) is 11.1. The van der Waals surface area contributed by atoms with Gasteiger partial charge in [-0.2, -0.15) is 0 Å². The molecule has 0 aliphatic heterocycles. The van der Waals surface area contributed by atoms with Crippen molar-refractivity contribution in [1.29, 1.82) is 0 Å². The number of hydrogen-bond donors (Lipinski definition) is 1. The summed E-state index contributed by atoms with van der Waals surface area (Å²) < 4.78 is 0. The van der Waals surface area contributed by atoms with Crippen LogP contribution >= 0.6 is 11.6 Å². The Kier molecular flexibility index (Phi) is 4.24. The highest BCUT2D eigenvalue weighted by Crippen LogP contribution is 2.31. The predicted molar refractivity (Wildman–Crippen MR) is 75.5 cm³/mol. The van der Waals surface area contributed by atoms with Gasteiger partial charge in [0.25, 0.3) is 5.69 Å². The van der Waals surface area contributed by atoms with Gasteiger partial charge in [-0.05, 0) is 31.1 Å². The van der Waals surface area contributed by atoms with Gasteiger partial charge >= 0.3 is 0 Å². The smallest absolute Gasteiger partial charge is 0.276 e. The van der Waals surface area contributed by atoms with E-state index in [1.54, 1.807) is 0 Å². The van der Waals surface area contributed by atoms with Crippen molar-refractivity contribution in [2.24, 2.45) is 11.8 Å². The molecule has 1 aromatic heterocycles. The zero-order chi connectivity index (χ0) is 14.0. The van der Waals surface area contributed by atoms with Crippen LogP contribution in [-0.4, -0.2) is 15.9 Å². The summed E-state index contributed by atoms with van der Waals surface area (Å²) in [4.78, 5) is 14.4. The Balaban J connectivity index is 2.09. The molecule has 0 saturated heterocycles. The first kappa shape index (κ1) is 14.1. The molecule has 3 atom stereocenters. The summed E-state index contributed by atoms with van der Waals surface area (Å²) in [5.41, 5.74) is -0.0280. The molecule has 1 N–H and O–H groups in total. The van der Waals surface area contributed by atoms with Gasteiger partial charge in [0.1, 0.15) is 11.0 Å². The molecular weight excluding hydrogens is 266 g/mol. The molecule has 1 saturated carbocycles. The number of pyridine rings is 1. The summed E-state index contributed by atoms with van der Waals surface area (Å²) in [5.74, 6) is 1.88. The van der Waals surface area contributed by atoms with E-state index >= 15 is 0 Å². The van der Waals surface area contributed by atoms with Gasteiger partial charge in [0.2, 0.25) is 0 Å². The number of rotatable bonds is 3. The lowest BCUT2D eigenvalue weighted by atomic mass is 9.79. The van der Waals surface area contributed by atoms with Crippen molar-refractivity contribution in [3.8, 4) is 0 Å². The van der Waals surface area contributed by atoms with Crippen molar-refractivity contribution in [2.45, 2.75) is 39.2 Å². The van der Waals surface area contributed by atoms with E-state index in [0.29, 0.717) is 17.8 Å². The number of nitro groups is 1. The van der Waals surface area contributed by atoms with E-state index < -0.39 is 4.92 Å². The van der Waals surface area contributed by atoms with E-state index in [9.17, 15) is 10.1 Å². The van der Waals surface area contributed by atoms with Gasteiger partial charge < -0.3 is 5.32 Å². The molecule has 1 aliphatic rings. The van der Waals surface area contributed by atoms with Crippen LogP contribution in [0.15, 0.2) is 12.1 Å². The zero-order valence-corrected chi connectivity index (χ0v) is 11.9. The standard InChI is InChI=1S/C13H18ClN3O2/c1-8-3-4-10(5-9(8)2)15-13-7-11(17(18)19)6-12(14)16-13/h6-10H,3-5H2,1-2H3,(H,15,16). The Hall–Kier alpha value is -1.36. The highest BCUT2D eigenvalue weighted by molar-refractivity contribution is 6.29. The molecule has 3 unspecified atom stereocenters. The topological polar surface area (TPSA) is 68.1 Å². The normalized spacial score (nSPS) is 27.0. The summed E-state index contributed by atoms with van der Waals surface area (Å²) in [6.45, 7) is 4.51. The molecular formula is C13H18ClN3O2. The third-order valence-electron chi connectivity index (χ3n) is 3.94. The summed E-state index contributed by atoms with van der Waals surface area (Å²) in [5, 5.41) is 14.2. The predicted octanol–water partition coefficient (Wildman–Crippen LogP) is 3.88. The lowest BCUT2D eigenvalue weighted by Gasteiger charge is -2.32.